The van der Waals surface area contributed by atoms with Crippen LogP contribution in [0.1, 0.15) is 39.5 Å². The highest BCUT2D eigenvalue weighted by atomic mass is 16.5. The third-order valence-electron chi connectivity index (χ3n) is 3.72. The first-order valence-electron chi connectivity index (χ1n) is 6.64. The zero-order valence-electron chi connectivity index (χ0n) is 11.4. The molecule has 1 saturated heterocycles. The van der Waals surface area contributed by atoms with Crippen molar-refractivity contribution in [3.05, 3.63) is 0 Å². The number of hydrogen-bond acceptors (Lipinski definition) is 4. The minimum atomic E-state index is -0.296. The highest BCUT2D eigenvalue weighted by Gasteiger charge is 2.58. The van der Waals surface area contributed by atoms with Crippen LogP contribution in [-0.4, -0.2) is 42.1 Å². The summed E-state index contributed by atoms with van der Waals surface area (Å²) in [7, 11) is 1.38. The van der Waals surface area contributed by atoms with Gasteiger partial charge >= 0.3 is 5.97 Å². The van der Waals surface area contributed by atoms with E-state index < -0.39 is 0 Å². The minimum Gasteiger partial charge on any atom is -0.469 e. The summed E-state index contributed by atoms with van der Waals surface area (Å²) in [6.07, 6.45) is 3.12. The zero-order chi connectivity index (χ0) is 13.3. The Hall–Kier alpha value is -1.10. The van der Waals surface area contributed by atoms with Crippen LogP contribution in [0.2, 0.25) is 0 Å². The summed E-state index contributed by atoms with van der Waals surface area (Å²) in [6, 6.07) is 0. The summed E-state index contributed by atoms with van der Waals surface area (Å²) < 4.78 is 4.63. The molecule has 0 bridgehead atoms. The van der Waals surface area contributed by atoms with Gasteiger partial charge in [-0.15, -0.1) is 0 Å². The van der Waals surface area contributed by atoms with Gasteiger partial charge in [0.1, 0.15) is 0 Å². The van der Waals surface area contributed by atoms with Crippen molar-refractivity contribution in [2.24, 2.45) is 5.92 Å². The van der Waals surface area contributed by atoms with Crippen LogP contribution in [0, 0.1) is 5.92 Å². The van der Waals surface area contributed by atoms with Crippen LogP contribution in [0.25, 0.3) is 0 Å². The number of nitrogens with zero attached hydrogens (tertiary/aromatic N) is 1. The third-order valence-corrected chi connectivity index (χ3v) is 3.72. The van der Waals surface area contributed by atoms with Gasteiger partial charge in [0.15, 0.2) is 0 Å². The molecule has 1 amide bonds. The Kier molecular flexibility index (Phi) is 3.61. The lowest BCUT2D eigenvalue weighted by Crippen LogP contribution is -2.39. The van der Waals surface area contributed by atoms with Crippen molar-refractivity contribution in [1.82, 2.24) is 10.2 Å². The van der Waals surface area contributed by atoms with Crippen LogP contribution in [0.5, 0.6) is 0 Å². The molecule has 5 heteroatoms. The fourth-order valence-corrected chi connectivity index (χ4v) is 2.56. The van der Waals surface area contributed by atoms with E-state index in [-0.39, 0.29) is 30.0 Å². The summed E-state index contributed by atoms with van der Waals surface area (Å²) in [5, 5.41) is 3.44. The predicted octanol–water partition coefficient (Wildman–Crippen LogP) is 0.886. The SMILES string of the molecule is COC(=O)CCN1C(=O)C2(CC2)NC1CC(C)C. The van der Waals surface area contributed by atoms with E-state index in [2.05, 4.69) is 23.9 Å². The largest absolute Gasteiger partial charge is 0.469 e. The van der Waals surface area contributed by atoms with E-state index >= 15 is 0 Å². The molecule has 2 rings (SSSR count). The van der Waals surface area contributed by atoms with E-state index in [1.54, 1.807) is 0 Å². The molecule has 2 fully saturated rings. The van der Waals surface area contributed by atoms with Gasteiger partial charge in [0, 0.05) is 6.54 Å². The van der Waals surface area contributed by atoms with E-state index in [0.29, 0.717) is 12.5 Å². The lowest BCUT2D eigenvalue weighted by Gasteiger charge is -2.25. The molecule has 1 N–H and O–H groups in total. The number of ether oxygens (including phenoxy) is 1. The van der Waals surface area contributed by atoms with Gasteiger partial charge in [0.2, 0.25) is 5.91 Å². The van der Waals surface area contributed by atoms with Crippen LogP contribution in [0.3, 0.4) is 0 Å². The topological polar surface area (TPSA) is 58.6 Å². The van der Waals surface area contributed by atoms with Gasteiger partial charge in [-0.1, -0.05) is 13.8 Å². The van der Waals surface area contributed by atoms with Gasteiger partial charge in [0.05, 0.1) is 25.2 Å². The van der Waals surface area contributed by atoms with Gasteiger partial charge in [-0.3, -0.25) is 14.9 Å². The number of esters is 1. The van der Waals surface area contributed by atoms with Gasteiger partial charge < -0.3 is 9.64 Å². The maximum absolute atomic E-state index is 12.3. The van der Waals surface area contributed by atoms with E-state index in [1.807, 2.05) is 4.90 Å². The monoisotopic (exact) mass is 254 g/mol. The molecule has 0 aromatic rings. The number of carbonyl (C=O) groups is 2. The number of methoxy groups -OCH3 is 1. The average Bonchev–Trinajstić information content (AvgIpc) is 3.03. The summed E-state index contributed by atoms with van der Waals surface area (Å²) in [6.45, 7) is 4.74. The lowest BCUT2D eigenvalue weighted by molar-refractivity contribution is -0.141. The van der Waals surface area contributed by atoms with Gasteiger partial charge in [-0.05, 0) is 25.2 Å². The second kappa shape index (κ2) is 4.88. The van der Waals surface area contributed by atoms with E-state index in [1.165, 1.54) is 7.11 Å². The first-order valence-corrected chi connectivity index (χ1v) is 6.64. The average molecular weight is 254 g/mol. The Morgan fingerprint density at radius 3 is 2.72 bits per heavy atom. The molecule has 1 unspecified atom stereocenters. The van der Waals surface area contributed by atoms with Crippen molar-refractivity contribution in [2.75, 3.05) is 13.7 Å². The van der Waals surface area contributed by atoms with Gasteiger partial charge in [-0.2, -0.15) is 0 Å². The summed E-state index contributed by atoms with van der Waals surface area (Å²) in [5.41, 5.74) is -0.296. The van der Waals surface area contributed by atoms with Gasteiger partial charge in [-0.25, -0.2) is 0 Å². The molecular weight excluding hydrogens is 232 g/mol. The maximum atomic E-state index is 12.3. The van der Waals surface area contributed by atoms with Crippen molar-refractivity contribution in [3.8, 4) is 0 Å². The van der Waals surface area contributed by atoms with Crippen LogP contribution in [0.4, 0.5) is 0 Å². The molecule has 5 nitrogen and oxygen atoms in total. The van der Waals surface area contributed by atoms with E-state index in [9.17, 15) is 9.59 Å². The Bertz CT molecular complexity index is 350. The van der Waals surface area contributed by atoms with Crippen molar-refractivity contribution < 1.29 is 14.3 Å². The normalized spacial score (nSPS) is 25.0. The molecule has 1 aliphatic carbocycles. The Morgan fingerprint density at radius 2 is 2.22 bits per heavy atom. The van der Waals surface area contributed by atoms with Crippen molar-refractivity contribution in [3.63, 3.8) is 0 Å². The van der Waals surface area contributed by atoms with Crippen molar-refractivity contribution in [2.45, 2.75) is 51.2 Å². The molecular formula is C13H22N2O3. The lowest BCUT2D eigenvalue weighted by atomic mass is 10.1. The fourth-order valence-electron chi connectivity index (χ4n) is 2.56. The fraction of sp³-hybridized carbons (Fsp3) is 0.846. The quantitative estimate of drug-likeness (QED) is 0.740. The number of carbonyl (C=O) groups excluding carboxylic acids is 2. The first-order chi connectivity index (χ1) is 8.48. The smallest absolute Gasteiger partial charge is 0.307 e. The van der Waals surface area contributed by atoms with Gasteiger partial charge in [0.25, 0.3) is 0 Å². The molecule has 18 heavy (non-hydrogen) atoms. The molecule has 1 aliphatic heterocycles. The second-order valence-electron chi connectivity index (χ2n) is 5.70. The number of nitrogens with one attached hydrogen (secondary N) is 1. The summed E-state index contributed by atoms with van der Waals surface area (Å²) >= 11 is 0. The Morgan fingerprint density at radius 1 is 1.56 bits per heavy atom. The van der Waals surface area contributed by atoms with Crippen LogP contribution >= 0.6 is 0 Å². The van der Waals surface area contributed by atoms with Crippen LogP contribution in [-0.2, 0) is 14.3 Å². The number of hydrogen-bond donors (Lipinski definition) is 1. The van der Waals surface area contributed by atoms with Crippen LogP contribution in [0.15, 0.2) is 0 Å². The molecule has 0 aromatic heterocycles. The predicted molar refractivity (Wildman–Crippen MR) is 66.7 cm³/mol. The second-order valence-corrected chi connectivity index (χ2v) is 5.70. The highest BCUT2D eigenvalue weighted by molar-refractivity contribution is 5.92. The van der Waals surface area contributed by atoms with Crippen molar-refractivity contribution >= 4 is 11.9 Å². The number of rotatable bonds is 5. The molecule has 1 spiro atoms. The number of amides is 1. The van der Waals surface area contributed by atoms with E-state index in [0.717, 1.165) is 19.3 Å². The Balaban J connectivity index is 1.99. The summed E-state index contributed by atoms with van der Waals surface area (Å²) in [4.78, 5) is 25.3. The highest BCUT2D eigenvalue weighted by Crippen LogP contribution is 2.43. The molecule has 0 aromatic carbocycles. The zero-order valence-corrected chi connectivity index (χ0v) is 11.4. The molecule has 1 heterocycles. The standard InChI is InChI=1S/C13H22N2O3/c1-9(2)8-10-14-13(5-6-13)12(17)15(10)7-4-11(16)18-3/h9-10,14H,4-8H2,1-3H3. The molecule has 2 aliphatic rings. The van der Waals surface area contributed by atoms with Crippen LogP contribution < -0.4 is 5.32 Å². The Labute approximate surface area is 108 Å². The molecule has 0 radical (unpaired) electrons. The van der Waals surface area contributed by atoms with Crippen molar-refractivity contribution in [1.29, 1.82) is 0 Å². The third kappa shape index (κ3) is 2.51. The molecule has 1 atom stereocenters. The molecule has 1 saturated carbocycles. The first kappa shape index (κ1) is 13.3. The minimum absolute atomic E-state index is 0.0738. The maximum Gasteiger partial charge on any atom is 0.307 e. The molecule has 102 valence electrons. The summed E-state index contributed by atoms with van der Waals surface area (Å²) in [5.74, 6) is 0.421. The van der Waals surface area contributed by atoms with E-state index in [4.69, 9.17) is 0 Å².